The van der Waals surface area contributed by atoms with Gasteiger partial charge in [-0.25, -0.2) is 0 Å². The molecule has 1 aliphatic rings. The van der Waals surface area contributed by atoms with Crippen molar-refractivity contribution in [3.05, 3.63) is 12.7 Å². The molecule has 1 amide bonds. The van der Waals surface area contributed by atoms with Gasteiger partial charge in [0.1, 0.15) is 0 Å². The fraction of sp³-hybridized carbons (Fsp3) is 0.545. The van der Waals surface area contributed by atoms with Crippen molar-refractivity contribution in [2.45, 2.75) is 28.9 Å². The molecule has 1 aromatic rings. The van der Waals surface area contributed by atoms with E-state index < -0.39 is 0 Å². The van der Waals surface area contributed by atoms with Crippen LogP contribution >= 0.6 is 23.1 Å². The Morgan fingerprint density at radius 2 is 2.44 bits per heavy atom. The van der Waals surface area contributed by atoms with E-state index in [2.05, 4.69) is 27.4 Å². The first-order valence-corrected chi connectivity index (χ1v) is 7.62. The minimum atomic E-state index is -0.0345. The quantitative estimate of drug-likeness (QED) is 0.808. The van der Waals surface area contributed by atoms with Crippen LogP contribution in [0, 0.1) is 0 Å². The van der Waals surface area contributed by atoms with Crippen LogP contribution in [0.1, 0.15) is 19.3 Å². The Hall–Kier alpha value is -1.08. The summed E-state index contributed by atoms with van der Waals surface area (Å²) in [5.74, 6) is 0.119. The Kier molecular flexibility index (Phi) is 5.00. The normalized spacial score (nSPS) is 20.0. The van der Waals surface area contributed by atoms with Crippen LogP contribution in [0.15, 0.2) is 17.0 Å². The van der Waals surface area contributed by atoms with E-state index in [-0.39, 0.29) is 11.2 Å². The molecular weight excluding hydrogens is 268 g/mol. The monoisotopic (exact) mass is 284 g/mol. The smallest absolute Gasteiger partial charge is 0.233 e. The highest BCUT2D eigenvalue weighted by molar-refractivity contribution is 8.02. The molecule has 0 saturated carbocycles. The standard InChI is InChI=1S/C11H16N4OS2/c1-2-6-13-10-14-15-11(18-10)17-8-5-3-4-7-12-9(8)16/h2,8H,1,3-7H2,(H,12,16)(H,13,14). The molecule has 1 aliphatic heterocycles. The maximum atomic E-state index is 11.8. The van der Waals surface area contributed by atoms with Crippen LogP contribution in [0.5, 0.6) is 0 Å². The number of amides is 1. The maximum Gasteiger partial charge on any atom is 0.233 e. The third kappa shape index (κ3) is 3.71. The summed E-state index contributed by atoms with van der Waals surface area (Å²) in [5.41, 5.74) is 0. The lowest BCUT2D eigenvalue weighted by Gasteiger charge is -2.09. The molecule has 1 saturated heterocycles. The van der Waals surface area contributed by atoms with Crippen LogP contribution in [-0.2, 0) is 4.79 Å². The summed E-state index contributed by atoms with van der Waals surface area (Å²) in [6, 6.07) is 0. The molecule has 1 fully saturated rings. The van der Waals surface area contributed by atoms with E-state index in [1.807, 2.05) is 0 Å². The van der Waals surface area contributed by atoms with E-state index in [9.17, 15) is 4.79 Å². The Bertz CT molecular complexity index is 421. The summed E-state index contributed by atoms with van der Waals surface area (Å²) in [4.78, 5) is 11.8. The molecule has 0 aliphatic carbocycles. The molecule has 2 N–H and O–H groups in total. The summed E-state index contributed by atoms with van der Waals surface area (Å²) in [6.45, 7) is 5.09. The highest BCUT2D eigenvalue weighted by Crippen LogP contribution is 2.31. The van der Waals surface area contributed by atoms with E-state index in [1.54, 1.807) is 6.08 Å². The zero-order chi connectivity index (χ0) is 12.8. The Morgan fingerprint density at radius 3 is 3.28 bits per heavy atom. The molecule has 0 spiro atoms. The molecule has 2 rings (SSSR count). The number of carbonyl (C=O) groups excluding carboxylic acids is 1. The van der Waals surface area contributed by atoms with Crippen LogP contribution < -0.4 is 10.6 Å². The maximum absolute atomic E-state index is 11.8. The largest absolute Gasteiger partial charge is 0.357 e. The van der Waals surface area contributed by atoms with E-state index >= 15 is 0 Å². The number of aromatic nitrogens is 2. The second kappa shape index (κ2) is 6.75. The number of carbonyl (C=O) groups is 1. The van der Waals surface area contributed by atoms with Gasteiger partial charge >= 0.3 is 0 Å². The van der Waals surface area contributed by atoms with Crippen molar-refractivity contribution in [2.24, 2.45) is 0 Å². The summed E-state index contributed by atoms with van der Waals surface area (Å²) in [6.07, 6.45) is 4.82. The molecule has 98 valence electrons. The van der Waals surface area contributed by atoms with Crippen molar-refractivity contribution in [1.82, 2.24) is 15.5 Å². The molecule has 1 atom stereocenters. The first kappa shape index (κ1) is 13.4. The lowest BCUT2D eigenvalue weighted by Crippen LogP contribution is -2.30. The minimum Gasteiger partial charge on any atom is -0.357 e. The summed E-state index contributed by atoms with van der Waals surface area (Å²) < 4.78 is 0.837. The highest BCUT2D eigenvalue weighted by atomic mass is 32.2. The van der Waals surface area contributed by atoms with Crippen LogP contribution in [0.25, 0.3) is 0 Å². The van der Waals surface area contributed by atoms with Gasteiger partial charge in [-0.15, -0.1) is 16.8 Å². The number of nitrogens with one attached hydrogen (secondary N) is 2. The van der Waals surface area contributed by atoms with Crippen LogP contribution in [-0.4, -0.2) is 34.4 Å². The molecule has 0 bridgehead atoms. The fourth-order valence-electron chi connectivity index (χ4n) is 1.63. The van der Waals surface area contributed by atoms with Gasteiger partial charge in [-0.2, -0.15) is 0 Å². The van der Waals surface area contributed by atoms with E-state index in [1.165, 1.54) is 23.1 Å². The van der Waals surface area contributed by atoms with Gasteiger partial charge in [0.05, 0.1) is 5.25 Å². The third-order valence-electron chi connectivity index (χ3n) is 2.53. The molecular formula is C11H16N4OS2. The average molecular weight is 284 g/mol. The number of thioether (sulfide) groups is 1. The first-order chi connectivity index (χ1) is 8.79. The second-order valence-corrected chi connectivity index (χ2v) is 6.36. The number of rotatable bonds is 5. The van der Waals surface area contributed by atoms with E-state index in [4.69, 9.17) is 0 Å². The SMILES string of the molecule is C=CCNc1nnc(SC2CCCCNC2=O)s1. The Labute approximate surface area is 114 Å². The van der Waals surface area contributed by atoms with Gasteiger partial charge in [0.25, 0.3) is 0 Å². The predicted molar refractivity (Wildman–Crippen MR) is 75.1 cm³/mol. The van der Waals surface area contributed by atoms with Crippen molar-refractivity contribution < 1.29 is 4.79 Å². The van der Waals surface area contributed by atoms with Crippen molar-refractivity contribution in [2.75, 3.05) is 18.4 Å². The van der Waals surface area contributed by atoms with E-state index in [0.29, 0.717) is 6.54 Å². The lowest BCUT2D eigenvalue weighted by molar-refractivity contribution is -0.120. The number of hydrogen-bond acceptors (Lipinski definition) is 6. The number of hydrogen-bond donors (Lipinski definition) is 2. The molecule has 0 aromatic carbocycles. The van der Waals surface area contributed by atoms with Crippen LogP contribution in [0.4, 0.5) is 5.13 Å². The molecule has 0 radical (unpaired) electrons. The third-order valence-corrected chi connectivity index (χ3v) is 4.76. The molecule has 5 nitrogen and oxygen atoms in total. The average Bonchev–Trinajstić information content (AvgIpc) is 2.72. The van der Waals surface area contributed by atoms with Crippen molar-refractivity contribution >= 4 is 34.1 Å². The predicted octanol–water partition coefficient (Wildman–Crippen LogP) is 1.90. The summed E-state index contributed by atoms with van der Waals surface area (Å²) >= 11 is 2.98. The minimum absolute atomic E-state index is 0.0345. The number of anilines is 1. The van der Waals surface area contributed by atoms with Crippen molar-refractivity contribution in [3.63, 3.8) is 0 Å². The van der Waals surface area contributed by atoms with Gasteiger partial charge in [-0.05, 0) is 12.8 Å². The Morgan fingerprint density at radius 1 is 1.56 bits per heavy atom. The van der Waals surface area contributed by atoms with Crippen LogP contribution in [0.3, 0.4) is 0 Å². The first-order valence-electron chi connectivity index (χ1n) is 5.92. The highest BCUT2D eigenvalue weighted by Gasteiger charge is 2.23. The molecule has 1 unspecified atom stereocenters. The van der Waals surface area contributed by atoms with Gasteiger partial charge in [-0.3, -0.25) is 4.79 Å². The van der Waals surface area contributed by atoms with Gasteiger partial charge < -0.3 is 10.6 Å². The van der Waals surface area contributed by atoms with Crippen molar-refractivity contribution in [1.29, 1.82) is 0 Å². The lowest BCUT2D eigenvalue weighted by atomic mass is 10.2. The van der Waals surface area contributed by atoms with Gasteiger partial charge in [0.15, 0.2) is 4.34 Å². The summed E-state index contributed by atoms with van der Waals surface area (Å²) in [7, 11) is 0. The summed E-state index contributed by atoms with van der Waals surface area (Å²) in [5, 5.41) is 14.9. The van der Waals surface area contributed by atoms with E-state index in [0.717, 1.165) is 35.3 Å². The molecule has 18 heavy (non-hydrogen) atoms. The zero-order valence-electron chi connectivity index (χ0n) is 10.0. The molecule has 7 heteroatoms. The Balaban J connectivity index is 1.93. The second-order valence-electron chi connectivity index (χ2n) is 3.94. The number of nitrogens with zero attached hydrogens (tertiary/aromatic N) is 2. The van der Waals surface area contributed by atoms with Gasteiger partial charge in [0.2, 0.25) is 11.0 Å². The zero-order valence-corrected chi connectivity index (χ0v) is 11.6. The molecule has 2 heterocycles. The van der Waals surface area contributed by atoms with Gasteiger partial charge in [0, 0.05) is 13.1 Å². The molecule has 1 aromatic heterocycles. The van der Waals surface area contributed by atoms with Crippen molar-refractivity contribution in [3.8, 4) is 0 Å². The topological polar surface area (TPSA) is 66.9 Å². The van der Waals surface area contributed by atoms with Crippen LogP contribution in [0.2, 0.25) is 0 Å². The van der Waals surface area contributed by atoms with Gasteiger partial charge in [-0.1, -0.05) is 35.6 Å². The fourth-order valence-corrected chi connectivity index (χ4v) is 3.70.